The molecule has 1 atom stereocenters. The largest absolute Gasteiger partial charge is 0.383 e. The molecule has 1 aromatic heterocycles. The number of hydrogen-bond donors (Lipinski definition) is 1. The molecule has 8 heteroatoms. The quantitative estimate of drug-likeness (QED) is 0.810. The zero-order chi connectivity index (χ0) is 13.9. The molecule has 0 bridgehead atoms. The lowest BCUT2D eigenvalue weighted by molar-refractivity contribution is -0.0200. The van der Waals surface area contributed by atoms with Crippen LogP contribution < -0.4 is 0 Å². The molecule has 1 saturated heterocycles. The topological polar surface area (TPSA) is 84.5 Å². The van der Waals surface area contributed by atoms with Gasteiger partial charge in [0.05, 0.1) is 37.8 Å². The molecular weight excluding hydrogens is 270 g/mol. The summed E-state index contributed by atoms with van der Waals surface area (Å²) in [4.78, 5) is 2.39. The van der Waals surface area contributed by atoms with Gasteiger partial charge in [-0.25, -0.2) is 8.42 Å². The number of aromatic nitrogens is 2. The van der Waals surface area contributed by atoms with Crippen LogP contribution in [0.25, 0.3) is 0 Å². The van der Waals surface area contributed by atoms with Crippen LogP contribution in [-0.2, 0) is 19.3 Å². The fourth-order valence-corrected chi connectivity index (χ4v) is 3.02. The van der Waals surface area contributed by atoms with Crippen LogP contribution in [0.4, 0.5) is 0 Å². The summed E-state index contributed by atoms with van der Waals surface area (Å²) in [6.07, 6.45) is 2.54. The van der Waals surface area contributed by atoms with Gasteiger partial charge in [0, 0.05) is 26.5 Å². The fourth-order valence-electron chi connectivity index (χ4n) is 2.20. The van der Waals surface area contributed by atoms with Crippen LogP contribution >= 0.6 is 0 Å². The fraction of sp³-hybridized carbons (Fsp3) is 0.727. The highest BCUT2D eigenvalue weighted by Gasteiger charge is 2.30. The molecule has 0 aliphatic carbocycles. The number of morpholine rings is 1. The zero-order valence-electron chi connectivity index (χ0n) is 11.1. The smallest absolute Gasteiger partial charge is 0.178 e. The highest BCUT2D eigenvalue weighted by atomic mass is 32.2. The van der Waals surface area contributed by atoms with Gasteiger partial charge in [-0.2, -0.15) is 5.10 Å². The van der Waals surface area contributed by atoms with E-state index in [0.717, 1.165) is 13.1 Å². The molecule has 1 N–H and O–H groups in total. The summed E-state index contributed by atoms with van der Waals surface area (Å²) in [5.41, 5.74) is 0.596. The Balaban J connectivity index is 2.25. The van der Waals surface area contributed by atoms with Gasteiger partial charge in [0.25, 0.3) is 0 Å². The van der Waals surface area contributed by atoms with Crippen molar-refractivity contribution in [1.82, 2.24) is 15.1 Å². The molecule has 19 heavy (non-hydrogen) atoms. The van der Waals surface area contributed by atoms with Crippen molar-refractivity contribution in [1.29, 1.82) is 0 Å². The Morgan fingerprint density at radius 3 is 3.11 bits per heavy atom. The first-order valence-corrected chi connectivity index (χ1v) is 7.97. The molecule has 2 rings (SSSR count). The number of sulfone groups is 1. The number of ether oxygens (including phenoxy) is 2. The molecule has 1 aromatic rings. The van der Waals surface area contributed by atoms with E-state index in [2.05, 4.69) is 15.1 Å². The highest BCUT2D eigenvalue weighted by Crippen LogP contribution is 2.27. The molecule has 0 saturated carbocycles. The number of rotatable bonds is 5. The lowest BCUT2D eigenvalue weighted by Gasteiger charge is -2.35. The Morgan fingerprint density at radius 2 is 2.42 bits per heavy atom. The highest BCUT2D eigenvalue weighted by molar-refractivity contribution is 7.90. The lowest BCUT2D eigenvalue weighted by Crippen LogP contribution is -2.41. The van der Waals surface area contributed by atoms with Gasteiger partial charge >= 0.3 is 0 Å². The standard InChI is InChI=1S/C11H19N3O4S/c1-17-5-3-14-4-6-18-8-9(14)11-10(7-12-13-11)19(2,15)16/h7,9H,3-6,8H2,1-2H3,(H,12,13)/t9-/m1/s1. The molecule has 0 spiro atoms. The molecule has 0 amide bonds. The van der Waals surface area contributed by atoms with Crippen LogP contribution in [0, 0.1) is 0 Å². The maximum absolute atomic E-state index is 11.7. The Bertz CT molecular complexity index is 514. The third-order valence-corrected chi connectivity index (χ3v) is 4.31. The molecule has 2 heterocycles. The molecule has 0 aromatic carbocycles. The van der Waals surface area contributed by atoms with Crippen molar-refractivity contribution in [3.8, 4) is 0 Å². The van der Waals surface area contributed by atoms with Crippen molar-refractivity contribution < 1.29 is 17.9 Å². The number of nitrogens with zero attached hydrogens (tertiary/aromatic N) is 2. The summed E-state index contributed by atoms with van der Waals surface area (Å²) < 4.78 is 34.0. The van der Waals surface area contributed by atoms with Crippen molar-refractivity contribution in [3.63, 3.8) is 0 Å². The minimum absolute atomic E-state index is 0.129. The van der Waals surface area contributed by atoms with Crippen LogP contribution in [0.15, 0.2) is 11.1 Å². The van der Waals surface area contributed by atoms with Crippen LogP contribution in [-0.4, -0.2) is 69.8 Å². The Morgan fingerprint density at radius 1 is 1.63 bits per heavy atom. The van der Waals surface area contributed by atoms with Crippen molar-refractivity contribution in [2.45, 2.75) is 10.9 Å². The van der Waals surface area contributed by atoms with Crippen LogP contribution in [0.2, 0.25) is 0 Å². The number of hydrogen-bond acceptors (Lipinski definition) is 6. The van der Waals surface area contributed by atoms with Gasteiger partial charge in [0.1, 0.15) is 4.90 Å². The van der Waals surface area contributed by atoms with Gasteiger partial charge < -0.3 is 9.47 Å². The third-order valence-electron chi connectivity index (χ3n) is 3.19. The first-order valence-electron chi connectivity index (χ1n) is 6.08. The zero-order valence-corrected chi connectivity index (χ0v) is 11.9. The predicted molar refractivity (Wildman–Crippen MR) is 68.7 cm³/mol. The van der Waals surface area contributed by atoms with Gasteiger partial charge in [-0.1, -0.05) is 0 Å². The summed E-state index contributed by atoms with van der Waals surface area (Å²) in [6.45, 7) is 3.17. The molecule has 0 radical (unpaired) electrons. The number of methoxy groups -OCH3 is 1. The van der Waals surface area contributed by atoms with E-state index in [1.807, 2.05) is 0 Å². The maximum Gasteiger partial charge on any atom is 0.178 e. The molecule has 7 nitrogen and oxygen atoms in total. The lowest BCUT2D eigenvalue weighted by atomic mass is 10.1. The number of H-pyrrole nitrogens is 1. The number of nitrogens with one attached hydrogen (secondary N) is 1. The van der Waals surface area contributed by atoms with Crippen LogP contribution in [0.5, 0.6) is 0 Å². The second-order valence-corrected chi connectivity index (χ2v) is 6.52. The van der Waals surface area contributed by atoms with E-state index in [9.17, 15) is 8.42 Å². The Labute approximate surface area is 112 Å². The van der Waals surface area contributed by atoms with Crippen molar-refractivity contribution in [2.24, 2.45) is 0 Å². The molecule has 1 fully saturated rings. The summed E-state index contributed by atoms with van der Waals surface area (Å²) in [7, 11) is -1.64. The first kappa shape index (κ1) is 14.4. The summed E-state index contributed by atoms with van der Waals surface area (Å²) in [5.74, 6) is 0. The summed E-state index contributed by atoms with van der Waals surface area (Å²) >= 11 is 0. The molecule has 0 unspecified atom stereocenters. The number of aromatic amines is 1. The first-order chi connectivity index (χ1) is 9.04. The second-order valence-electron chi connectivity index (χ2n) is 4.54. The van der Waals surface area contributed by atoms with E-state index in [-0.39, 0.29) is 10.9 Å². The van der Waals surface area contributed by atoms with Gasteiger partial charge in [-0.15, -0.1) is 0 Å². The van der Waals surface area contributed by atoms with Gasteiger partial charge in [0.2, 0.25) is 0 Å². The minimum atomic E-state index is -3.29. The van der Waals surface area contributed by atoms with Gasteiger partial charge in [-0.3, -0.25) is 10.00 Å². The summed E-state index contributed by atoms with van der Waals surface area (Å²) in [6, 6.07) is -0.129. The normalized spacial score (nSPS) is 21.7. The molecule has 108 valence electrons. The van der Waals surface area contributed by atoms with Crippen LogP contribution in [0.1, 0.15) is 11.7 Å². The van der Waals surface area contributed by atoms with Gasteiger partial charge in [-0.05, 0) is 0 Å². The maximum atomic E-state index is 11.7. The van der Waals surface area contributed by atoms with E-state index >= 15 is 0 Å². The minimum Gasteiger partial charge on any atom is -0.383 e. The molecule has 1 aliphatic rings. The second kappa shape index (κ2) is 6.00. The van der Waals surface area contributed by atoms with E-state index < -0.39 is 9.84 Å². The average molecular weight is 289 g/mol. The van der Waals surface area contributed by atoms with Crippen molar-refractivity contribution >= 4 is 9.84 Å². The summed E-state index contributed by atoms with van der Waals surface area (Å²) in [5, 5.41) is 6.66. The van der Waals surface area contributed by atoms with E-state index in [1.54, 1.807) is 7.11 Å². The SMILES string of the molecule is COCCN1CCOC[C@@H]1c1[nH]ncc1S(C)(=O)=O. The van der Waals surface area contributed by atoms with Gasteiger partial charge in [0.15, 0.2) is 9.84 Å². The van der Waals surface area contributed by atoms with E-state index in [4.69, 9.17) is 9.47 Å². The Kier molecular flexibility index (Phi) is 4.56. The van der Waals surface area contributed by atoms with E-state index in [1.165, 1.54) is 12.5 Å². The van der Waals surface area contributed by atoms with E-state index in [0.29, 0.717) is 25.5 Å². The third kappa shape index (κ3) is 3.33. The molecular formula is C11H19N3O4S. The molecule has 1 aliphatic heterocycles. The predicted octanol–water partition coefficient (Wildman–Crippen LogP) is -0.167. The van der Waals surface area contributed by atoms with Crippen LogP contribution in [0.3, 0.4) is 0 Å². The Hall–Kier alpha value is -0.960. The monoisotopic (exact) mass is 289 g/mol. The van der Waals surface area contributed by atoms with Crippen molar-refractivity contribution in [2.75, 3.05) is 46.3 Å². The van der Waals surface area contributed by atoms with Crippen molar-refractivity contribution in [3.05, 3.63) is 11.9 Å². The average Bonchev–Trinajstić information content (AvgIpc) is 2.85.